The van der Waals surface area contributed by atoms with Crippen LogP contribution < -0.4 is 10.2 Å². The number of nitrogens with one attached hydrogen (secondary N) is 1. The number of hydrogen-bond acceptors (Lipinski definition) is 3. The first-order valence-electron chi connectivity index (χ1n) is 8.61. The van der Waals surface area contributed by atoms with Crippen LogP contribution >= 0.6 is 11.6 Å². The van der Waals surface area contributed by atoms with Crippen LogP contribution in [-0.4, -0.2) is 56.7 Å². The van der Waals surface area contributed by atoms with Crippen LogP contribution in [0.5, 0.6) is 0 Å². The number of amides is 3. The zero-order valence-electron chi connectivity index (χ0n) is 14.4. The number of carbonyl (C=O) groups is 2. The van der Waals surface area contributed by atoms with Crippen LogP contribution in [0.25, 0.3) is 0 Å². The van der Waals surface area contributed by atoms with E-state index in [9.17, 15) is 9.59 Å². The average Bonchev–Trinajstić information content (AvgIpc) is 2.93. The molecular weight excluding hydrogens is 342 g/mol. The van der Waals surface area contributed by atoms with E-state index in [4.69, 9.17) is 16.3 Å². The van der Waals surface area contributed by atoms with E-state index in [0.29, 0.717) is 29.8 Å². The van der Waals surface area contributed by atoms with Crippen molar-refractivity contribution in [2.75, 3.05) is 38.8 Å². The number of nitrogens with zero attached hydrogens (tertiary/aromatic N) is 2. The van der Waals surface area contributed by atoms with Gasteiger partial charge in [-0.2, -0.15) is 0 Å². The van der Waals surface area contributed by atoms with E-state index in [1.165, 1.54) is 0 Å². The fraction of sp³-hybridized carbons (Fsp3) is 0.556. The van der Waals surface area contributed by atoms with Gasteiger partial charge in [0.1, 0.15) is 0 Å². The number of benzene rings is 1. The highest BCUT2D eigenvalue weighted by atomic mass is 35.5. The largest absolute Gasteiger partial charge is 0.381 e. The molecule has 7 heteroatoms. The van der Waals surface area contributed by atoms with E-state index in [-0.39, 0.29) is 23.9 Å². The standard InChI is InChI=1S/C18H22ClN3O3/c1-21(2)16(23)5-10-7-22(15-4-3-11(19)6-12(10)15)18(24)20-17-13-8-25-9-14(13)17/h3-4,6,10,13-14,17H,5,7-9H2,1-2H3,(H,20,24)/t10?,13-,14+,17?. The second-order valence-electron chi connectivity index (χ2n) is 7.34. The second kappa shape index (κ2) is 6.18. The molecule has 134 valence electrons. The third kappa shape index (κ3) is 2.98. The Kier molecular flexibility index (Phi) is 4.12. The Morgan fingerprint density at radius 2 is 2.04 bits per heavy atom. The van der Waals surface area contributed by atoms with Crippen molar-refractivity contribution in [1.29, 1.82) is 0 Å². The van der Waals surface area contributed by atoms with Crippen LogP contribution in [0.3, 0.4) is 0 Å². The molecule has 3 amide bonds. The average molecular weight is 364 g/mol. The fourth-order valence-corrected chi connectivity index (χ4v) is 4.13. The third-order valence-electron chi connectivity index (χ3n) is 5.53. The van der Waals surface area contributed by atoms with Crippen molar-refractivity contribution in [2.24, 2.45) is 11.8 Å². The molecule has 6 nitrogen and oxygen atoms in total. The molecule has 0 radical (unpaired) electrons. The number of hydrogen-bond donors (Lipinski definition) is 1. The smallest absolute Gasteiger partial charge is 0.322 e. The summed E-state index contributed by atoms with van der Waals surface area (Å²) in [5.41, 5.74) is 1.82. The number of anilines is 1. The van der Waals surface area contributed by atoms with Gasteiger partial charge in [0, 0.05) is 61.6 Å². The summed E-state index contributed by atoms with van der Waals surface area (Å²) in [6, 6.07) is 5.66. The van der Waals surface area contributed by atoms with E-state index in [2.05, 4.69) is 5.32 Å². The summed E-state index contributed by atoms with van der Waals surface area (Å²) in [5.74, 6) is 0.938. The number of urea groups is 1. The predicted molar refractivity (Wildman–Crippen MR) is 95.0 cm³/mol. The summed E-state index contributed by atoms with van der Waals surface area (Å²) in [4.78, 5) is 28.3. The minimum absolute atomic E-state index is 0.0311. The molecule has 1 N–H and O–H groups in total. The first-order chi connectivity index (χ1) is 12.0. The molecule has 0 bridgehead atoms. The van der Waals surface area contributed by atoms with Gasteiger partial charge in [-0.1, -0.05) is 11.6 Å². The van der Waals surface area contributed by atoms with E-state index >= 15 is 0 Å². The molecule has 2 aliphatic heterocycles. The lowest BCUT2D eigenvalue weighted by Crippen LogP contribution is -2.42. The van der Waals surface area contributed by atoms with Gasteiger partial charge in [-0.15, -0.1) is 0 Å². The van der Waals surface area contributed by atoms with Crippen molar-refractivity contribution in [3.05, 3.63) is 28.8 Å². The number of carbonyl (C=O) groups excluding carboxylic acids is 2. The van der Waals surface area contributed by atoms with Gasteiger partial charge in [0.05, 0.1) is 13.2 Å². The summed E-state index contributed by atoms with van der Waals surface area (Å²) >= 11 is 6.15. The van der Waals surface area contributed by atoms with Crippen molar-refractivity contribution in [1.82, 2.24) is 10.2 Å². The highest BCUT2D eigenvalue weighted by Crippen LogP contribution is 2.45. The van der Waals surface area contributed by atoms with Crippen molar-refractivity contribution < 1.29 is 14.3 Å². The molecular formula is C18H22ClN3O3. The van der Waals surface area contributed by atoms with E-state index in [1.54, 1.807) is 30.0 Å². The van der Waals surface area contributed by atoms with Gasteiger partial charge >= 0.3 is 6.03 Å². The highest BCUT2D eigenvalue weighted by Gasteiger charge is 2.55. The summed E-state index contributed by atoms with van der Waals surface area (Å²) < 4.78 is 5.37. The van der Waals surface area contributed by atoms with Crippen LogP contribution in [0.15, 0.2) is 18.2 Å². The maximum atomic E-state index is 12.8. The predicted octanol–water partition coefficient (Wildman–Crippen LogP) is 2.08. The van der Waals surface area contributed by atoms with Crippen LogP contribution in [0, 0.1) is 11.8 Å². The maximum absolute atomic E-state index is 12.8. The zero-order valence-corrected chi connectivity index (χ0v) is 15.1. The molecule has 1 saturated heterocycles. The molecule has 0 aromatic heterocycles. The Balaban J connectivity index is 1.51. The Labute approximate surface area is 152 Å². The maximum Gasteiger partial charge on any atom is 0.322 e. The first kappa shape index (κ1) is 16.7. The van der Waals surface area contributed by atoms with Gasteiger partial charge in [0.25, 0.3) is 0 Å². The topological polar surface area (TPSA) is 61.9 Å². The third-order valence-corrected chi connectivity index (χ3v) is 5.77. The summed E-state index contributed by atoms with van der Waals surface area (Å²) in [6.07, 6.45) is 0.368. The molecule has 1 saturated carbocycles. The van der Waals surface area contributed by atoms with E-state index in [0.717, 1.165) is 24.5 Å². The van der Waals surface area contributed by atoms with Gasteiger partial charge in [0.2, 0.25) is 5.91 Å². The van der Waals surface area contributed by atoms with Crippen molar-refractivity contribution in [3.63, 3.8) is 0 Å². The van der Waals surface area contributed by atoms with Crippen LogP contribution in [0.2, 0.25) is 5.02 Å². The first-order valence-corrected chi connectivity index (χ1v) is 8.99. The number of fused-ring (bicyclic) bond motifs is 2. The monoisotopic (exact) mass is 363 g/mol. The fourth-order valence-electron chi connectivity index (χ4n) is 3.95. The number of halogens is 1. The lowest BCUT2D eigenvalue weighted by atomic mass is 9.97. The molecule has 4 rings (SSSR count). The molecule has 2 fully saturated rings. The molecule has 1 aromatic carbocycles. The molecule has 2 unspecified atom stereocenters. The normalized spacial score (nSPS) is 29.2. The van der Waals surface area contributed by atoms with Gasteiger partial charge in [-0.3, -0.25) is 9.69 Å². The van der Waals surface area contributed by atoms with Crippen molar-refractivity contribution in [3.8, 4) is 0 Å². The van der Waals surface area contributed by atoms with Crippen molar-refractivity contribution in [2.45, 2.75) is 18.4 Å². The Hall–Kier alpha value is -1.79. The van der Waals surface area contributed by atoms with E-state index in [1.807, 2.05) is 12.1 Å². The summed E-state index contributed by atoms with van der Waals surface area (Å²) in [7, 11) is 3.49. The van der Waals surface area contributed by atoms with Gasteiger partial charge < -0.3 is 15.0 Å². The lowest BCUT2D eigenvalue weighted by molar-refractivity contribution is -0.129. The molecule has 25 heavy (non-hydrogen) atoms. The van der Waals surface area contributed by atoms with Crippen molar-refractivity contribution >= 4 is 29.2 Å². The van der Waals surface area contributed by atoms with Gasteiger partial charge in [-0.05, 0) is 23.8 Å². The lowest BCUT2D eigenvalue weighted by Gasteiger charge is -2.20. The Morgan fingerprint density at radius 3 is 2.72 bits per heavy atom. The minimum atomic E-state index is -0.0947. The summed E-state index contributed by atoms with van der Waals surface area (Å²) in [5, 5.41) is 3.75. The Bertz CT molecular complexity index is 714. The molecule has 0 spiro atoms. The van der Waals surface area contributed by atoms with Crippen LogP contribution in [-0.2, 0) is 9.53 Å². The zero-order chi connectivity index (χ0) is 17.7. The minimum Gasteiger partial charge on any atom is -0.381 e. The quantitative estimate of drug-likeness (QED) is 0.894. The van der Waals surface area contributed by atoms with Gasteiger partial charge in [0.15, 0.2) is 0 Å². The molecule has 1 aliphatic carbocycles. The SMILES string of the molecule is CN(C)C(=O)CC1CN(C(=O)NC2[C@H]3COC[C@@H]23)c2ccc(Cl)cc21. The molecule has 2 heterocycles. The Morgan fingerprint density at radius 1 is 1.32 bits per heavy atom. The molecule has 4 atom stereocenters. The number of rotatable bonds is 3. The molecule has 1 aromatic rings. The highest BCUT2D eigenvalue weighted by molar-refractivity contribution is 6.30. The van der Waals surface area contributed by atoms with Crippen LogP contribution in [0.1, 0.15) is 17.9 Å². The summed E-state index contributed by atoms with van der Waals surface area (Å²) in [6.45, 7) is 1.98. The van der Waals surface area contributed by atoms with Crippen LogP contribution in [0.4, 0.5) is 10.5 Å². The number of ether oxygens (including phenoxy) is 1. The second-order valence-corrected chi connectivity index (χ2v) is 7.78. The molecule has 3 aliphatic rings. The van der Waals surface area contributed by atoms with Gasteiger partial charge in [-0.25, -0.2) is 4.79 Å². The van der Waals surface area contributed by atoms with E-state index < -0.39 is 0 Å².